The van der Waals surface area contributed by atoms with Crippen LogP contribution in [-0.2, 0) is 11.2 Å². The number of para-hydroxylation sites is 1. The van der Waals surface area contributed by atoms with Crippen molar-refractivity contribution in [3.05, 3.63) is 65.7 Å². The van der Waals surface area contributed by atoms with Crippen molar-refractivity contribution in [1.82, 2.24) is 4.90 Å². The van der Waals surface area contributed by atoms with Crippen LogP contribution in [0.2, 0.25) is 0 Å². The minimum atomic E-state index is -0.373. The topological polar surface area (TPSA) is 49.4 Å². The molecule has 2 amide bonds. The number of nitrogens with zero attached hydrogens (tertiary/aromatic N) is 1. The first kappa shape index (κ1) is 14.9. The lowest BCUT2D eigenvalue weighted by atomic mass is 9.71. The molecule has 4 nitrogen and oxygen atoms in total. The lowest BCUT2D eigenvalue weighted by molar-refractivity contribution is -0.128. The second-order valence-electron chi connectivity index (χ2n) is 6.73. The lowest BCUT2D eigenvalue weighted by Crippen LogP contribution is -2.51. The molecule has 0 aliphatic carbocycles. The third-order valence-corrected chi connectivity index (χ3v) is 5.30. The Morgan fingerprint density at radius 3 is 2.38 bits per heavy atom. The van der Waals surface area contributed by atoms with E-state index >= 15 is 0 Å². The first-order chi connectivity index (χ1) is 11.7. The summed E-state index contributed by atoms with van der Waals surface area (Å²) in [6, 6.07) is 17.3. The summed E-state index contributed by atoms with van der Waals surface area (Å²) < 4.78 is 0. The lowest BCUT2D eigenvalue weighted by Gasteiger charge is -2.43. The van der Waals surface area contributed by atoms with Crippen LogP contribution in [0.3, 0.4) is 0 Å². The van der Waals surface area contributed by atoms with Gasteiger partial charge in [0.15, 0.2) is 0 Å². The molecular formula is C20H20N2O2. The van der Waals surface area contributed by atoms with Crippen LogP contribution in [0.5, 0.6) is 0 Å². The number of carbonyl (C=O) groups is 2. The molecule has 4 heteroatoms. The number of amides is 2. The fraction of sp³-hybridized carbons (Fsp3) is 0.300. The number of likely N-dealkylation sites (tertiary alicyclic amines) is 1. The highest BCUT2D eigenvalue weighted by atomic mass is 16.2. The molecule has 0 saturated carbocycles. The summed E-state index contributed by atoms with van der Waals surface area (Å²) in [5.74, 6) is 0.162. The van der Waals surface area contributed by atoms with Gasteiger partial charge in [-0.05, 0) is 43.0 Å². The van der Waals surface area contributed by atoms with Crippen LogP contribution in [0.1, 0.15) is 28.8 Å². The molecule has 24 heavy (non-hydrogen) atoms. The highest BCUT2D eigenvalue weighted by Gasteiger charge is 2.45. The van der Waals surface area contributed by atoms with Crippen LogP contribution in [0.25, 0.3) is 0 Å². The molecule has 4 rings (SSSR count). The molecule has 2 aliphatic rings. The van der Waals surface area contributed by atoms with Gasteiger partial charge in [-0.15, -0.1) is 0 Å². The van der Waals surface area contributed by atoms with Gasteiger partial charge in [0.2, 0.25) is 5.91 Å². The van der Waals surface area contributed by atoms with Crippen molar-refractivity contribution in [2.24, 2.45) is 5.41 Å². The number of anilines is 1. The van der Waals surface area contributed by atoms with Crippen molar-refractivity contribution < 1.29 is 9.59 Å². The Hall–Kier alpha value is -2.62. The van der Waals surface area contributed by atoms with Crippen LogP contribution >= 0.6 is 0 Å². The molecule has 1 fully saturated rings. The number of nitrogens with one attached hydrogen (secondary N) is 1. The van der Waals surface area contributed by atoms with E-state index in [4.69, 9.17) is 0 Å². The number of hydrogen-bond acceptors (Lipinski definition) is 2. The van der Waals surface area contributed by atoms with Crippen molar-refractivity contribution in [3.63, 3.8) is 0 Å². The highest BCUT2D eigenvalue weighted by Crippen LogP contribution is 2.41. The van der Waals surface area contributed by atoms with E-state index in [9.17, 15) is 9.59 Å². The Labute approximate surface area is 141 Å². The van der Waals surface area contributed by atoms with Crippen LogP contribution in [0.4, 0.5) is 5.69 Å². The average Bonchev–Trinajstić information content (AvgIpc) is 2.63. The summed E-state index contributed by atoms with van der Waals surface area (Å²) >= 11 is 0. The van der Waals surface area contributed by atoms with Gasteiger partial charge >= 0.3 is 0 Å². The van der Waals surface area contributed by atoms with Gasteiger partial charge in [-0.2, -0.15) is 0 Å². The second kappa shape index (κ2) is 5.78. The summed E-state index contributed by atoms with van der Waals surface area (Å²) in [4.78, 5) is 27.1. The number of fused-ring (bicyclic) bond motifs is 1. The zero-order valence-electron chi connectivity index (χ0n) is 13.5. The molecule has 122 valence electrons. The first-order valence-electron chi connectivity index (χ1n) is 8.42. The van der Waals surface area contributed by atoms with E-state index in [0.29, 0.717) is 31.5 Å². The van der Waals surface area contributed by atoms with Crippen molar-refractivity contribution >= 4 is 17.5 Å². The number of benzene rings is 2. The van der Waals surface area contributed by atoms with Crippen LogP contribution in [0.15, 0.2) is 54.6 Å². The van der Waals surface area contributed by atoms with Gasteiger partial charge in [0.25, 0.3) is 5.91 Å². The van der Waals surface area contributed by atoms with Crippen LogP contribution < -0.4 is 5.32 Å². The molecule has 1 N–H and O–H groups in total. The molecule has 0 atom stereocenters. The largest absolute Gasteiger partial charge is 0.339 e. The SMILES string of the molecule is O=C(c1ccccc1)N1CCC2(CC1)Cc1ccccc1NC2=O. The maximum absolute atomic E-state index is 12.7. The van der Waals surface area contributed by atoms with E-state index in [1.165, 1.54) is 5.56 Å². The van der Waals surface area contributed by atoms with Gasteiger partial charge in [-0.1, -0.05) is 36.4 Å². The fourth-order valence-corrected chi connectivity index (χ4v) is 3.80. The molecule has 0 unspecified atom stereocenters. The van der Waals surface area contributed by atoms with Crippen LogP contribution in [0, 0.1) is 5.41 Å². The van der Waals surface area contributed by atoms with Crippen molar-refractivity contribution in [2.45, 2.75) is 19.3 Å². The van der Waals surface area contributed by atoms with E-state index in [-0.39, 0.29) is 17.2 Å². The van der Waals surface area contributed by atoms with E-state index in [1.54, 1.807) is 0 Å². The molecule has 1 spiro atoms. The quantitative estimate of drug-likeness (QED) is 0.878. The van der Waals surface area contributed by atoms with Gasteiger partial charge in [0.1, 0.15) is 0 Å². The second-order valence-corrected chi connectivity index (χ2v) is 6.73. The fourth-order valence-electron chi connectivity index (χ4n) is 3.80. The van der Waals surface area contributed by atoms with Crippen molar-refractivity contribution in [2.75, 3.05) is 18.4 Å². The molecule has 0 radical (unpaired) electrons. The van der Waals surface area contributed by atoms with Gasteiger partial charge < -0.3 is 10.2 Å². The maximum atomic E-state index is 12.7. The molecule has 2 aromatic carbocycles. The third-order valence-electron chi connectivity index (χ3n) is 5.30. The average molecular weight is 320 g/mol. The predicted molar refractivity (Wildman–Crippen MR) is 92.8 cm³/mol. The number of rotatable bonds is 1. The normalized spacial score (nSPS) is 18.8. The van der Waals surface area contributed by atoms with Gasteiger partial charge in [-0.3, -0.25) is 9.59 Å². The van der Waals surface area contributed by atoms with E-state index in [0.717, 1.165) is 12.1 Å². The summed E-state index contributed by atoms with van der Waals surface area (Å²) in [6.45, 7) is 1.26. The zero-order chi connectivity index (χ0) is 16.6. The summed E-state index contributed by atoms with van der Waals surface area (Å²) in [5.41, 5.74) is 2.46. The standard InChI is InChI=1S/C20H20N2O2/c23-18(15-6-2-1-3-7-15)22-12-10-20(11-13-22)14-16-8-4-5-9-17(16)21-19(20)24/h1-9H,10-14H2,(H,21,24). The Kier molecular flexibility index (Phi) is 3.60. The Morgan fingerprint density at radius 2 is 1.62 bits per heavy atom. The van der Waals surface area contributed by atoms with E-state index in [2.05, 4.69) is 11.4 Å². The first-order valence-corrected chi connectivity index (χ1v) is 8.42. The monoisotopic (exact) mass is 320 g/mol. The summed E-state index contributed by atoms with van der Waals surface area (Å²) in [5, 5.41) is 3.05. The zero-order valence-corrected chi connectivity index (χ0v) is 13.5. The minimum Gasteiger partial charge on any atom is -0.339 e. The van der Waals surface area contributed by atoms with Crippen molar-refractivity contribution in [1.29, 1.82) is 0 Å². The minimum absolute atomic E-state index is 0.0575. The third kappa shape index (κ3) is 2.48. The summed E-state index contributed by atoms with van der Waals surface area (Å²) in [7, 11) is 0. The van der Waals surface area contributed by atoms with Crippen molar-refractivity contribution in [3.8, 4) is 0 Å². The summed E-state index contributed by atoms with van der Waals surface area (Å²) in [6.07, 6.45) is 2.19. The van der Waals surface area contributed by atoms with Crippen LogP contribution in [-0.4, -0.2) is 29.8 Å². The van der Waals surface area contributed by atoms with E-state index in [1.807, 2.05) is 53.4 Å². The van der Waals surface area contributed by atoms with E-state index < -0.39 is 0 Å². The molecule has 0 aromatic heterocycles. The number of hydrogen-bond donors (Lipinski definition) is 1. The molecule has 2 heterocycles. The predicted octanol–water partition coefficient (Wildman–Crippen LogP) is 3.10. The Balaban J connectivity index is 1.50. The van der Waals surface area contributed by atoms with Gasteiger partial charge in [0, 0.05) is 24.3 Å². The molecule has 1 saturated heterocycles. The number of piperidine rings is 1. The smallest absolute Gasteiger partial charge is 0.253 e. The molecule has 2 aromatic rings. The molecular weight excluding hydrogens is 300 g/mol. The molecule has 0 bridgehead atoms. The Morgan fingerprint density at radius 1 is 0.958 bits per heavy atom. The maximum Gasteiger partial charge on any atom is 0.253 e. The Bertz CT molecular complexity index is 777. The highest BCUT2D eigenvalue weighted by molar-refractivity contribution is 5.99. The molecule has 2 aliphatic heterocycles. The van der Waals surface area contributed by atoms with Gasteiger partial charge in [-0.25, -0.2) is 0 Å². The van der Waals surface area contributed by atoms with Gasteiger partial charge in [0.05, 0.1) is 5.41 Å². The number of carbonyl (C=O) groups excluding carboxylic acids is 2.